The van der Waals surface area contributed by atoms with Crippen LogP contribution in [0.1, 0.15) is 47.6 Å². The summed E-state index contributed by atoms with van der Waals surface area (Å²) in [7, 11) is -4.01. The molecular weight excluding hydrogens is 514 g/mol. The maximum atomic E-state index is 13.6. The number of hydrogen-bond donors (Lipinski definition) is 1. The molecule has 0 fully saturated rings. The molecule has 0 saturated carbocycles. The first-order valence-electron chi connectivity index (χ1n) is 13.2. The second-order valence-electron chi connectivity index (χ2n) is 10.0. The Bertz CT molecular complexity index is 1670. The minimum Gasteiger partial charge on any atom is -0.425 e. The first kappa shape index (κ1) is 26.8. The van der Waals surface area contributed by atoms with E-state index in [1.54, 1.807) is 18.2 Å². The molecule has 8 heteroatoms. The molecule has 1 aliphatic carbocycles. The van der Waals surface area contributed by atoms with Crippen LogP contribution in [0.4, 0.5) is 0 Å². The third-order valence-corrected chi connectivity index (χ3v) is 8.57. The van der Waals surface area contributed by atoms with Crippen molar-refractivity contribution in [3.05, 3.63) is 105 Å². The van der Waals surface area contributed by atoms with Gasteiger partial charge in [0.05, 0.1) is 4.90 Å². The molecule has 5 rings (SSSR count). The van der Waals surface area contributed by atoms with Gasteiger partial charge in [0.2, 0.25) is 10.0 Å². The van der Waals surface area contributed by atoms with Crippen LogP contribution in [0, 0.1) is 6.92 Å². The molecule has 202 valence electrons. The van der Waals surface area contributed by atoms with Crippen molar-refractivity contribution in [1.82, 2.24) is 4.72 Å². The summed E-state index contributed by atoms with van der Waals surface area (Å²) in [6, 6.07) is 17.9. The summed E-state index contributed by atoms with van der Waals surface area (Å²) in [5, 5.41) is 0.867. The molecule has 1 aromatic heterocycles. The number of benzene rings is 3. The molecule has 7 nitrogen and oxygen atoms in total. The van der Waals surface area contributed by atoms with Crippen LogP contribution in [0.3, 0.4) is 0 Å². The third-order valence-electron chi connectivity index (χ3n) is 7.08. The number of nitrogens with one attached hydrogen (secondary N) is 1. The van der Waals surface area contributed by atoms with Crippen LogP contribution in [-0.2, 0) is 40.5 Å². The number of aryl methyl sites for hydroxylation is 3. The van der Waals surface area contributed by atoms with Crippen molar-refractivity contribution in [3.63, 3.8) is 0 Å². The minimum atomic E-state index is -4.01. The summed E-state index contributed by atoms with van der Waals surface area (Å²) in [6.45, 7) is 3.90. The summed E-state index contributed by atoms with van der Waals surface area (Å²) in [6.07, 6.45) is 3.97. The van der Waals surface area contributed by atoms with Gasteiger partial charge in [0.1, 0.15) is 17.4 Å². The highest BCUT2D eigenvalue weighted by Crippen LogP contribution is 2.33. The zero-order valence-electron chi connectivity index (χ0n) is 22.0. The lowest BCUT2D eigenvalue weighted by Crippen LogP contribution is -2.44. The number of carbonyl (C=O) groups excluding carboxylic acids is 1. The molecule has 0 amide bonds. The summed E-state index contributed by atoms with van der Waals surface area (Å²) in [5.74, 6) is -0.474. The number of fused-ring (bicyclic) bond motifs is 3. The van der Waals surface area contributed by atoms with Crippen LogP contribution in [-0.4, -0.2) is 20.4 Å². The first-order valence-corrected chi connectivity index (χ1v) is 14.7. The van der Waals surface area contributed by atoms with Gasteiger partial charge in [-0.3, -0.25) is 0 Å². The average molecular weight is 546 g/mol. The van der Waals surface area contributed by atoms with E-state index < -0.39 is 22.0 Å². The SMILES string of the molecule is CCCc1cc2c3c(c(=O)oc2cc1OC(=O)C(Cc1ccccc1)NS(=O)(=O)c1ccc(C)cc1)CCC3. The maximum absolute atomic E-state index is 13.6. The standard InChI is InChI=1S/C31H31NO6S/c1-3-8-22-18-26-24-11-7-12-25(24)30(33)38-29(26)19-28(22)37-31(34)27(17-21-9-5-4-6-10-21)32-39(35,36)23-15-13-20(2)14-16-23/h4-6,9-10,13-16,18-19,27,32H,3,7-8,11-12,17H2,1-2H3. The van der Waals surface area contributed by atoms with Crippen molar-refractivity contribution in [2.45, 2.75) is 63.3 Å². The predicted molar refractivity (Wildman–Crippen MR) is 150 cm³/mol. The zero-order valence-corrected chi connectivity index (χ0v) is 22.8. The van der Waals surface area contributed by atoms with Crippen molar-refractivity contribution >= 4 is 27.0 Å². The number of hydrogen-bond acceptors (Lipinski definition) is 6. The van der Waals surface area contributed by atoms with Crippen molar-refractivity contribution in [1.29, 1.82) is 0 Å². The van der Waals surface area contributed by atoms with E-state index in [0.29, 0.717) is 18.4 Å². The predicted octanol–water partition coefficient (Wildman–Crippen LogP) is 5.04. The Morgan fingerprint density at radius 3 is 2.46 bits per heavy atom. The topological polar surface area (TPSA) is 103 Å². The van der Waals surface area contributed by atoms with E-state index in [-0.39, 0.29) is 22.7 Å². The van der Waals surface area contributed by atoms with E-state index in [1.807, 2.05) is 50.2 Å². The van der Waals surface area contributed by atoms with E-state index in [1.165, 1.54) is 12.1 Å². The van der Waals surface area contributed by atoms with Crippen LogP contribution in [0.15, 0.2) is 80.8 Å². The van der Waals surface area contributed by atoms with Gasteiger partial charge in [0.15, 0.2) is 0 Å². The number of carbonyl (C=O) groups is 1. The fourth-order valence-electron chi connectivity index (χ4n) is 5.09. The summed E-state index contributed by atoms with van der Waals surface area (Å²) in [5.41, 5.74) is 4.24. The van der Waals surface area contributed by atoms with E-state index in [0.717, 1.165) is 52.5 Å². The Morgan fingerprint density at radius 1 is 1.03 bits per heavy atom. The van der Waals surface area contributed by atoms with E-state index in [2.05, 4.69) is 4.72 Å². The Hall–Kier alpha value is -3.75. The third kappa shape index (κ3) is 5.82. The molecule has 1 N–H and O–H groups in total. The lowest BCUT2D eigenvalue weighted by molar-refractivity contribution is -0.136. The Labute approximate surface area is 227 Å². The quantitative estimate of drug-likeness (QED) is 0.180. The van der Waals surface area contributed by atoms with Gasteiger partial charge in [-0.25, -0.2) is 18.0 Å². The van der Waals surface area contributed by atoms with Crippen LogP contribution in [0.25, 0.3) is 11.0 Å². The highest BCUT2D eigenvalue weighted by atomic mass is 32.2. The van der Waals surface area contributed by atoms with E-state index >= 15 is 0 Å². The van der Waals surface area contributed by atoms with Crippen LogP contribution in [0.5, 0.6) is 5.75 Å². The fraction of sp³-hybridized carbons (Fsp3) is 0.290. The molecule has 1 aliphatic rings. The van der Waals surface area contributed by atoms with Gasteiger partial charge in [-0.2, -0.15) is 4.72 Å². The van der Waals surface area contributed by atoms with Crippen LogP contribution in [0.2, 0.25) is 0 Å². The van der Waals surface area contributed by atoms with E-state index in [9.17, 15) is 18.0 Å². The highest BCUT2D eigenvalue weighted by Gasteiger charge is 2.29. The number of sulfonamides is 1. The van der Waals surface area contributed by atoms with Gasteiger partial charge in [0.25, 0.3) is 0 Å². The Kier molecular flexibility index (Phi) is 7.68. The van der Waals surface area contributed by atoms with E-state index in [4.69, 9.17) is 9.15 Å². The number of rotatable bonds is 9. The zero-order chi connectivity index (χ0) is 27.6. The molecule has 0 radical (unpaired) electrons. The second-order valence-corrected chi connectivity index (χ2v) is 11.7. The first-order chi connectivity index (χ1) is 18.7. The molecular formula is C31H31NO6S. The molecule has 3 aromatic carbocycles. The molecule has 1 heterocycles. The molecule has 0 bridgehead atoms. The summed E-state index contributed by atoms with van der Waals surface area (Å²) in [4.78, 5) is 26.2. The van der Waals surface area contributed by atoms with Gasteiger partial charge < -0.3 is 9.15 Å². The molecule has 1 unspecified atom stereocenters. The lowest BCUT2D eigenvalue weighted by atomic mass is 10.0. The molecule has 39 heavy (non-hydrogen) atoms. The van der Waals surface area contributed by atoms with Crippen molar-refractivity contribution in [3.8, 4) is 5.75 Å². The Morgan fingerprint density at radius 2 is 1.74 bits per heavy atom. The second kappa shape index (κ2) is 11.2. The monoisotopic (exact) mass is 545 g/mol. The van der Waals surface area contributed by atoms with Gasteiger partial charge in [-0.1, -0.05) is 61.4 Å². The van der Waals surface area contributed by atoms with Crippen LogP contribution >= 0.6 is 0 Å². The van der Waals surface area contributed by atoms with Crippen LogP contribution < -0.4 is 15.1 Å². The van der Waals surface area contributed by atoms with Crippen molar-refractivity contribution in [2.24, 2.45) is 0 Å². The lowest BCUT2D eigenvalue weighted by Gasteiger charge is -2.19. The van der Waals surface area contributed by atoms with Crippen molar-refractivity contribution < 1.29 is 22.4 Å². The number of esters is 1. The molecule has 0 spiro atoms. The summed E-state index contributed by atoms with van der Waals surface area (Å²) >= 11 is 0. The maximum Gasteiger partial charge on any atom is 0.339 e. The smallest absolute Gasteiger partial charge is 0.339 e. The molecule has 4 aromatic rings. The largest absolute Gasteiger partial charge is 0.425 e. The molecule has 0 saturated heterocycles. The number of ether oxygens (including phenoxy) is 1. The van der Waals surface area contributed by atoms with Gasteiger partial charge >= 0.3 is 11.6 Å². The van der Waals surface area contributed by atoms with Gasteiger partial charge in [-0.05, 0) is 73.9 Å². The normalized spacial score (nSPS) is 13.8. The fourth-order valence-corrected chi connectivity index (χ4v) is 6.27. The average Bonchev–Trinajstić information content (AvgIpc) is 3.41. The highest BCUT2D eigenvalue weighted by molar-refractivity contribution is 7.89. The van der Waals surface area contributed by atoms with Gasteiger partial charge in [0, 0.05) is 17.0 Å². The molecule has 0 aliphatic heterocycles. The molecule has 1 atom stereocenters. The Balaban J connectivity index is 1.50. The minimum absolute atomic E-state index is 0.0620. The summed E-state index contributed by atoms with van der Waals surface area (Å²) < 4.78 is 40.5. The van der Waals surface area contributed by atoms with Gasteiger partial charge in [-0.15, -0.1) is 0 Å². The van der Waals surface area contributed by atoms with Crippen molar-refractivity contribution in [2.75, 3.05) is 0 Å².